The van der Waals surface area contributed by atoms with Crippen LogP contribution in [0.25, 0.3) is 10.9 Å². The number of benzene rings is 3. The molecule has 0 saturated heterocycles. The van der Waals surface area contributed by atoms with Gasteiger partial charge in [-0.2, -0.15) is 0 Å². The van der Waals surface area contributed by atoms with Gasteiger partial charge in [0.2, 0.25) is 5.88 Å². The smallest absolute Gasteiger partial charge is 0.224 e. The fourth-order valence-corrected chi connectivity index (χ4v) is 5.24. The van der Waals surface area contributed by atoms with Crippen LogP contribution in [0.2, 0.25) is 0 Å². The molecule has 10 heteroatoms. The molecule has 1 atom stereocenters. The van der Waals surface area contributed by atoms with Crippen molar-refractivity contribution in [1.82, 2.24) is 9.97 Å². The monoisotopic (exact) mass is 527 g/mol. The molecule has 0 saturated carbocycles. The highest BCUT2D eigenvalue weighted by Gasteiger charge is 2.10. The number of hydrogen-bond donors (Lipinski definition) is 1. The second kappa shape index (κ2) is 11.6. The number of nitrogens with two attached hydrogens (primary N) is 1. The zero-order valence-corrected chi connectivity index (χ0v) is 22.4. The molecule has 2 N–H and O–H groups in total. The van der Waals surface area contributed by atoms with Crippen LogP contribution < -0.4 is 14.3 Å². The Kier molecular flexibility index (Phi) is 8.78. The van der Waals surface area contributed by atoms with Crippen LogP contribution in [-0.2, 0) is 27.4 Å². The van der Waals surface area contributed by atoms with E-state index in [9.17, 15) is 13.0 Å². The van der Waals surface area contributed by atoms with E-state index < -0.39 is 10.1 Å². The number of fused-ring (bicyclic) bond motifs is 1. The van der Waals surface area contributed by atoms with E-state index in [0.29, 0.717) is 23.6 Å². The molecule has 0 aliphatic carbocycles. The maximum atomic E-state index is 10.8. The van der Waals surface area contributed by atoms with Gasteiger partial charge in [-0.3, -0.25) is 0 Å². The second-order valence-corrected chi connectivity index (χ2v) is 11.1. The molecule has 8 nitrogen and oxygen atoms in total. The Morgan fingerprint density at radius 1 is 0.972 bits per heavy atom. The number of nitrogens with zero attached hydrogens (tertiary/aromatic N) is 2. The van der Waals surface area contributed by atoms with Crippen LogP contribution in [0, 0.1) is 20.8 Å². The molecule has 3 aromatic carbocycles. The minimum Gasteiger partial charge on any atom is -0.744 e. The van der Waals surface area contributed by atoms with Crippen molar-refractivity contribution in [2.45, 2.75) is 37.2 Å². The van der Waals surface area contributed by atoms with Crippen molar-refractivity contribution >= 4 is 31.7 Å². The summed E-state index contributed by atoms with van der Waals surface area (Å²) in [7, 11) is -2.92. The quantitative estimate of drug-likeness (QED) is 0.381. The summed E-state index contributed by atoms with van der Waals surface area (Å²) in [5.74, 6) is 1.32. The molecule has 0 fully saturated rings. The summed E-state index contributed by atoms with van der Waals surface area (Å²) in [6.07, 6.45) is 3.49. The lowest BCUT2D eigenvalue weighted by atomic mass is 10.1. The summed E-state index contributed by atoms with van der Waals surface area (Å²) in [4.78, 5) is 9.53. The van der Waals surface area contributed by atoms with Crippen molar-refractivity contribution in [2.75, 3.05) is 13.4 Å². The summed E-state index contributed by atoms with van der Waals surface area (Å²) < 4.78 is 49.4. The van der Waals surface area contributed by atoms with Gasteiger partial charge in [-0.05, 0) is 61.7 Å². The molecular weight excluding hydrogens is 498 g/mol. The highest BCUT2D eigenvalue weighted by Crippen LogP contribution is 2.26. The van der Waals surface area contributed by atoms with Gasteiger partial charge < -0.3 is 14.0 Å². The van der Waals surface area contributed by atoms with E-state index in [0.717, 1.165) is 32.7 Å². The van der Waals surface area contributed by atoms with Gasteiger partial charge in [0, 0.05) is 12.3 Å². The highest BCUT2D eigenvalue weighted by molar-refractivity contribution is 7.85. The third kappa shape index (κ3) is 6.87. The van der Waals surface area contributed by atoms with E-state index in [4.69, 9.17) is 14.3 Å². The van der Waals surface area contributed by atoms with E-state index >= 15 is 0 Å². The Balaban J connectivity index is 0.000000236. The minimum absolute atomic E-state index is 0.0851. The molecule has 0 spiro atoms. The average molecular weight is 528 g/mol. The third-order valence-corrected chi connectivity index (χ3v) is 7.49. The van der Waals surface area contributed by atoms with Crippen LogP contribution in [0.5, 0.6) is 11.6 Å². The van der Waals surface area contributed by atoms with Crippen LogP contribution in [0.15, 0.2) is 70.7 Å². The molecule has 0 bridgehead atoms. The molecular formula is C26H29N3O5S2. The minimum atomic E-state index is -4.33. The normalized spacial score (nSPS) is 11.9. The Morgan fingerprint density at radius 2 is 1.61 bits per heavy atom. The molecule has 36 heavy (non-hydrogen) atoms. The molecule has 4 aromatic rings. The first kappa shape index (κ1) is 27.3. The lowest BCUT2D eigenvalue weighted by molar-refractivity contribution is -0.0750. The van der Waals surface area contributed by atoms with Crippen LogP contribution in [-0.4, -0.2) is 36.3 Å². The topological polar surface area (TPSA) is 127 Å². The van der Waals surface area contributed by atoms with Gasteiger partial charge in [-0.15, -0.1) is 0 Å². The number of ether oxygens (including phenoxy) is 2. The zero-order valence-electron chi connectivity index (χ0n) is 20.8. The molecule has 0 radical (unpaired) electrons. The summed E-state index contributed by atoms with van der Waals surface area (Å²) in [5.41, 5.74) is 3.87. The predicted molar refractivity (Wildman–Crippen MR) is 139 cm³/mol. The van der Waals surface area contributed by atoms with Crippen molar-refractivity contribution in [3.05, 3.63) is 83.2 Å². The van der Waals surface area contributed by atoms with Gasteiger partial charge in [-0.25, -0.2) is 23.2 Å². The van der Waals surface area contributed by atoms with Crippen molar-refractivity contribution < 1.29 is 27.2 Å². The van der Waals surface area contributed by atoms with Crippen LogP contribution in [0.4, 0.5) is 0 Å². The number of rotatable bonds is 6. The summed E-state index contributed by atoms with van der Waals surface area (Å²) in [6.45, 7) is 5.57. The molecule has 0 aliphatic heterocycles. The number of methoxy groups -OCH3 is 1. The van der Waals surface area contributed by atoms with E-state index in [1.165, 1.54) is 6.33 Å². The second-order valence-electron chi connectivity index (χ2n) is 8.23. The summed E-state index contributed by atoms with van der Waals surface area (Å²) >= 11 is 0. The first-order chi connectivity index (χ1) is 17.0. The largest absolute Gasteiger partial charge is 0.744 e. The van der Waals surface area contributed by atoms with E-state index in [2.05, 4.69) is 9.97 Å². The lowest BCUT2D eigenvalue weighted by Gasteiger charge is -2.14. The maximum Gasteiger partial charge on any atom is 0.224 e. The van der Waals surface area contributed by atoms with Crippen molar-refractivity contribution in [2.24, 2.45) is 0 Å². The molecule has 190 valence electrons. The molecule has 1 heterocycles. The Hall–Kier alpha value is -3.34. The van der Waals surface area contributed by atoms with Crippen LogP contribution in [0.1, 0.15) is 22.3 Å². The van der Waals surface area contributed by atoms with Gasteiger partial charge in [-0.1, -0.05) is 29.8 Å². The average Bonchev–Trinajstić information content (AvgIpc) is 2.81. The summed E-state index contributed by atoms with van der Waals surface area (Å²) in [6, 6.07) is 17.1. The standard InChI is InChI=1S/C17H17N3O2S.C9H12O3S/c1-21-13-5-8-15-16(9-13)19-11-20-17(15)22-10-12-3-6-14(7-4-12)23(2)18;1-6-4-7(2)9(8(3)5-6)13(10,11)12/h3-9,11,18H,10H2,1-2H3;4-5H,1-3H3,(H,10,11,12). The molecule has 1 aromatic heterocycles. The molecule has 1 unspecified atom stereocenters. The van der Waals surface area contributed by atoms with Gasteiger partial charge in [0.25, 0.3) is 0 Å². The first-order valence-electron chi connectivity index (χ1n) is 10.9. The van der Waals surface area contributed by atoms with Crippen LogP contribution in [0.3, 0.4) is 0 Å². The third-order valence-electron chi connectivity index (χ3n) is 5.33. The number of aromatic nitrogens is 2. The lowest BCUT2D eigenvalue weighted by Crippen LogP contribution is -2.33. The molecule has 0 amide bonds. The van der Waals surface area contributed by atoms with E-state index in [1.54, 1.807) is 33.1 Å². The van der Waals surface area contributed by atoms with Gasteiger partial charge in [0.1, 0.15) is 28.8 Å². The molecule has 4 rings (SSSR count). The number of hydrogen-bond acceptors (Lipinski definition) is 7. The van der Waals surface area contributed by atoms with E-state index in [1.807, 2.05) is 55.6 Å². The Bertz CT molecular complexity index is 1480. The SMILES string of the molecule is COc1ccc2c(OCc3ccc(S(C)=[NH2+])cc3)ncnc2c1.Cc1cc(C)c(S(=O)(=O)[O-])c(C)c1. The first-order valence-corrected chi connectivity index (χ1v) is 14.0. The van der Waals surface area contributed by atoms with Gasteiger partial charge in [0.05, 0.1) is 38.5 Å². The maximum absolute atomic E-state index is 10.8. The van der Waals surface area contributed by atoms with Crippen molar-refractivity contribution in [3.8, 4) is 11.6 Å². The van der Waals surface area contributed by atoms with Crippen molar-refractivity contribution in [3.63, 3.8) is 0 Å². The number of aryl methyl sites for hydroxylation is 3. The highest BCUT2D eigenvalue weighted by atomic mass is 32.2. The fourth-order valence-electron chi connectivity index (χ4n) is 3.77. The van der Waals surface area contributed by atoms with E-state index in [-0.39, 0.29) is 15.6 Å². The van der Waals surface area contributed by atoms with Gasteiger partial charge in [0.15, 0.2) is 0 Å². The van der Waals surface area contributed by atoms with Gasteiger partial charge >= 0.3 is 0 Å². The Morgan fingerprint density at radius 3 is 2.17 bits per heavy atom. The Labute approximate surface area is 214 Å². The fraction of sp³-hybridized carbons (Fsp3) is 0.231. The summed E-state index contributed by atoms with van der Waals surface area (Å²) in [5, 5.41) is 0.863. The van der Waals surface area contributed by atoms with Crippen molar-refractivity contribution in [1.29, 1.82) is 0 Å². The zero-order chi connectivity index (χ0) is 26.5. The molecule has 0 aliphatic rings. The predicted octanol–water partition coefficient (Wildman–Crippen LogP) is 3.28. The van der Waals surface area contributed by atoms with Crippen LogP contribution >= 0.6 is 0 Å².